The van der Waals surface area contributed by atoms with Crippen molar-refractivity contribution in [3.8, 4) is 0 Å². The average molecular weight is 387 g/mol. The molecule has 0 saturated carbocycles. The van der Waals surface area contributed by atoms with E-state index >= 15 is 0 Å². The molecule has 2 rings (SSSR count). The fourth-order valence-electron chi connectivity index (χ4n) is 2.92. The molecule has 0 aliphatic carbocycles. The van der Waals surface area contributed by atoms with Gasteiger partial charge in [0.2, 0.25) is 5.91 Å². The molecule has 146 valence electrons. The fraction of sp³-hybridized carbons (Fsp3) is 0.455. The summed E-state index contributed by atoms with van der Waals surface area (Å²) in [5.74, 6) is 0.737. The maximum absolute atomic E-state index is 12.4. The van der Waals surface area contributed by atoms with E-state index in [2.05, 4.69) is 62.6 Å². The minimum absolute atomic E-state index is 0.000824. The summed E-state index contributed by atoms with van der Waals surface area (Å²) in [5, 5.41) is 9.70. The highest BCUT2D eigenvalue weighted by molar-refractivity contribution is 7.08. The summed E-state index contributed by atoms with van der Waals surface area (Å²) in [6, 6.07) is 10.3. The average Bonchev–Trinajstić information content (AvgIpc) is 3.18. The van der Waals surface area contributed by atoms with Crippen molar-refractivity contribution in [3.05, 3.63) is 57.8 Å². The second-order valence-electron chi connectivity index (χ2n) is 7.48. The normalized spacial score (nSPS) is 12.2. The monoisotopic (exact) mass is 386 g/mol. The van der Waals surface area contributed by atoms with Gasteiger partial charge in [-0.05, 0) is 40.8 Å². The van der Waals surface area contributed by atoms with Crippen LogP contribution in [0.3, 0.4) is 0 Å². The molecule has 0 radical (unpaired) electrons. The van der Waals surface area contributed by atoms with E-state index in [-0.39, 0.29) is 17.9 Å². The van der Waals surface area contributed by atoms with Crippen LogP contribution >= 0.6 is 11.3 Å². The van der Waals surface area contributed by atoms with Crippen molar-refractivity contribution in [2.45, 2.75) is 52.5 Å². The number of amides is 2. The van der Waals surface area contributed by atoms with E-state index in [0.717, 1.165) is 5.56 Å². The van der Waals surface area contributed by atoms with Gasteiger partial charge in [-0.2, -0.15) is 11.3 Å². The number of hydrogen-bond donors (Lipinski definition) is 2. The Morgan fingerprint density at radius 1 is 1.00 bits per heavy atom. The minimum atomic E-state index is -0.0815. The smallest absolute Gasteiger partial charge is 0.252 e. The summed E-state index contributed by atoms with van der Waals surface area (Å²) in [5.41, 5.74) is 3.11. The van der Waals surface area contributed by atoms with E-state index in [4.69, 9.17) is 0 Å². The maximum atomic E-state index is 12.4. The number of rotatable bonds is 9. The van der Waals surface area contributed by atoms with Gasteiger partial charge in [0.1, 0.15) is 0 Å². The summed E-state index contributed by atoms with van der Waals surface area (Å²) < 4.78 is 0. The Labute approximate surface area is 166 Å². The molecule has 2 N–H and O–H groups in total. The maximum Gasteiger partial charge on any atom is 0.252 e. The van der Waals surface area contributed by atoms with Crippen LogP contribution < -0.4 is 10.6 Å². The van der Waals surface area contributed by atoms with Gasteiger partial charge in [0.05, 0.1) is 6.04 Å². The van der Waals surface area contributed by atoms with E-state index in [1.54, 1.807) is 6.07 Å². The van der Waals surface area contributed by atoms with E-state index in [9.17, 15) is 9.59 Å². The van der Waals surface area contributed by atoms with Crippen LogP contribution in [-0.4, -0.2) is 18.4 Å². The predicted molar refractivity (Wildman–Crippen MR) is 112 cm³/mol. The Balaban J connectivity index is 1.81. The predicted octanol–water partition coefficient (Wildman–Crippen LogP) is 4.90. The molecule has 5 heteroatoms. The van der Waals surface area contributed by atoms with Crippen molar-refractivity contribution in [2.24, 2.45) is 5.92 Å². The Kier molecular flexibility index (Phi) is 8.04. The Morgan fingerprint density at radius 2 is 1.67 bits per heavy atom. The van der Waals surface area contributed by atoms with Crippen LogP contribution in [-0.2, 0) is 4.79 Å². The Hall–Kier alpha value is -2.14. The van der Waals surface area contributed by atoms with E-state index in [1.165, 1.54) is 16.9 Å². The zero-order valence-corrected chi connectivity index (χ0v) is 17.4. The highest BCUT2D eigenvalue weighted by Crippen LogP contribution is 2.24. The number of thiophene rings is 1. The third-order valence-electron chi connectivity index (χ3n) is 4.59. The number of benzene rings is 1. The largest absolute Gasteiger partial charge is 0.352 e. The van der Waals surface area contributed by atoms with E-state index < -0.39 is 0 Å². The van der Waals surface area contributed by atoms with Crippen molar-refractivity contribution in [3.63, 3.8) is 0 Å². The first-order chi connectivity index (χ1) is 12.9. The van der Waals surface area contributed by atoms with Gasteiger partial charge in [-0.15, -0.1) is 0 Å². The van der Waals surface area contributed by atoms with Crippen LogP contribution in [0.15, 0.2) is 41.1 Å². The summed E-state index contributed by atoms with van der Waals surface area (Å²) in [4.78, 5) is 24.2. The lowest BCUT2D eigenvalue weighted by Crippen LogP contribution is -2.32. The lowest BCUT2D eigenvalue weighted by Gasteiger charge is -2.23. The molecule has 0 bridgehead atoms. The second kappa shape index (κ2) is 10.3. The third kappa shape index (κ3) is 6.51. The lowest BCUT2D eigenvalue weighted by molar-refractivity contribution is -0.122. The molecule has 1 atom stereocenters. The molecule has 0 fully saturated rings. The molecule has 1 unspecified atom stereocenters. The Bertz CT molecular complexity index is 721. The standard InChI is InChI=1S/C22H30N2O2S/c1-15(2)17-7-9-18(10-8-17)21(16(3)4)24-20(25)6-5-12-23-22(26)19-11-13-27-14-19/h7-11,13-16,21H,5-6,12H2,1-4H3,(H,23,26)(H,24,25). The first-order valence-electron chi connectivity index (χ1n) is 9.58. The highest BCUT2D eigenvalue weighted by Gasteiger charge is 2.18. The van der Waals surface area contributed by atoms with Gasteiger partial charge >= 0.3 is 0 Å². The number of carbonyl (C=O) groups is 2. The van der Waals surface area contributed by atoms with Crippen molar-refractivity contribution in [1.82, 2.24) is 10.6 Å². The summed E-state index contributed by atoms with van der Waals surface area (Å²) >= 11 is 1.50. The fourth-order valence-corrected chi connectivity index (χ4v) is 3.55. The van der Waals surface area contributed by atoms with Crippen LogP contribution in [0.4, 0.5) is 0 Å². The molecule has 0 aliphatic rings. The van der Waals surface area contributed by atoms with E-state index in [1.807, 2.05) is 10.8 Å². The van der Waals surface area contributed by atoms with Crippen molar-refractivity contribution in [1.29, 1.82) is 0 Å². The molecule has 4 nitrogen and oxygen atoms in total. The molecule has 0 aliphatic heterocycles. The first kappa shape index (κ1) is 21.2. The third-order valence-corrected chi connectivity index (χ3v) is 5.28. The summed E-state index contributed by atoms with van der Waals surface area (Å²) in [6.45, 7) is 9.07. The molecule has 0 saturated heterocycles. The van der Waals surface area contributed by atoms with Gasteiger partial charge in [-0.25, -0.2) is 0 Å². The van der Waals surface area contributed by atoms with Crippen LogP contribution in [0.1, 0.15) is 74.0 Å². The van der Waals surface area contributed by atoms with Crippen molar-refractivity contribution >= 4 is 23.2 Å². The van der Waals surface area contributed by atoms with Crippen LogP contribution in [0.25, 0.3) is 0 Å². The lowest BCUT2D eigenvalue weighted by atomic mass is 9.93. The number of carbonyl (C=O) groups excluding carboxylic acids is 2. The Morgan fingerprint density at radius 3 is 2.22 bits per heavy atom. The van der Waals surface area contributed by atoms with E-state index in [0.29, 0.717) is 36.8 Å². The van der Waals surface area contributed by atoms with Gasteiger partial charge in [0, 0.05) is 23.9 Å². The van der Waals surface area contributed by atoms with Gasteiger partial charge in [0.25, 0.3) is 5.91 Å². The second-order valence-corrected chi connectivity index (χ2v) is 8.26. The molecule has 27 heavy (non-hydrogen) atoms. The molecule has 1 aromatic carbocycles. The molecule has 2 aromatic rings. The van der Waals surface area contributed by atoms with Crippen LogP contribution in [0.2, 0.25) is 0 Å². The number of nitrogens with one attached hydrogen (secondary N) is 2. The first-order valence-corrected chi connectivity index (χ1v) is 10.5. The molecular weight excluding hydrogens is 356 g/mol. The van der Waals surface area contributed by atoms with Crippen LogP contribution in [0.5, 0.6) is 0 Å². The van der Waals surface area contributed by atoms with Crippen LogP contribution in [0, 0.1) is 5.92 Å². The summed E-state index contributed by atoms with van der Waals surface area (Å²) in [6.07, 6.45) is 1.02. The number of hydrogen-bond acceptors (Lipinski definition) is 3. The molecule has 2 amide bonds. The molecule has 0 spiro atoms. The van der Waals surface area contributed by atoms with Gasteiger partial charge in [0.15, 0.2) is 0 Å². The summed E-state index contributed by atoms with van der Waals surface area (Å²) in [7, 11) is 0. The van der Waals surface area contributed by atoms with Crippen molar-refractivity contribution < 1.29 is 9.59 Å². The molecular formula is C22H30N2O2S. The quantitative estimate of drug-likeness (QED) is 0.603. The highest BCUT2D eigenvalue weighted by atomic mass is 32.1. The van der Waals surface area contributed by atoms with Gasteiger partial charge < -0.3 is 10.6 Å². The van der Waals surface area contributed by atoms with Gasteiger partial charge in [-0.3, -0.25) is 9.59 Å². The minimum Gasteiger partial charge on any atom is -0.352 e. The molecule has 1 aromatic heterocycles. The zero-order chi connectivity index (χ0) is 19.8. The zero-order valence-electron chi connectivity index (χ0n) is 16.6. The molecule has 1 heterocycles. The topological polar surface area (TPSA) is 58.2 Å². The SMILES string of the molecule is CC(C)c1ccc(C(NC(=O)CCCNC(=O)c2ccsc2)C(C)C)cc1. The van der Waals surface area contributed by atoms with Gasteiger partial charge in [-0.1, -0.05) is 52.0 Å². The van der Waals surface area contributed by atoms with Crippen molar-refractivity contribution in [2.75, 3.05) is 6.54 Å².